The van der Waals surface area contributed by atoms with Crippen molar-refractivity contribution in [2.45, 2.75) is 38.7 Å². The summed E-state index contributed by atoms with van der Waals surface area (Å²) in [7, 11) is -3.30. The van der Waals surface area contributed by atoms with Crippen molar-refractivity contribution in [3.05, 3.63) is 0 Å². The molecule has 104 valence electrons. The number of carbonyl (C=O) groups is 1. The Hall–Kier alpha value is -0.620. The first-order chi connectivity index (χ1) is 8.27. The molecular formula is C12H20O5S. The van der Waals surface area contributed by atoms with E-state index in [-0.39, 0.29) is 17.4 Å². The minimum absolute atomic E-state index is 0.187. The Balaban J connectivity index is 2.34. The van der Waals surface area contributed by atoms with Crippen LogP contribution in [0.15, 0.2) is 0 Å². The van der Waals surface area contributed by atoms with E-state index >= 15 is 0 Å². The number of rotatable bonds is 2. The SMILES string of the molecule is CC1CCCC(C(=O)O)(C2CS(=O)(=O)CC2O)C1. The third kappa shape index (κ3) is 2.28. The van der Waals surface area contributed by atoms with Gasteiger partial charge in [0, 0.05) is 5.92 Å². The van der Waals surface area contributed by atoms with Gasteiger partial charge >= 0.3 is 5.97 Å². The highest BCUT2D eigenvalue weighted by Gasteiger charge is 2.55. The highest BCUT2D eigenvalue weighted by molar-refractivity contribution is 7.91. The van der Waals surface area contributed by atoms with Crippen molar-refractivity contribution in [2.75, 3.05) is 11.5 Å². The third-order valence-corrected chi connectivity index (χ3v) is 6.21. The number of sulfone groups is 1. The van der Waals surface area contributed by atoms with Crippen LogP contribution in [0.3, 0.4) is 0 Å². The predicted molar refractivity (Wildman–Crippen MR) is 65.9 cm³/mol. The Morgan fingerprint density at radius 3 is 2.44 bits per heavy atom. The maximum absolute atomic E-state index is 11.7. The standard InChI is InChI=1S/C12H20O5S/c1-8-3-2-4-12(5-8,11(14)15)9-6-18(16,17)7-10(9)13/h8-10,13H,2-7H2,1H3,(H,14,15). The first-order valence-electron chi connectivity index (χ1n) is 6.39. The minimum Gasteiger partial charge on any atom is -0.481 e. The van der Waals surface area contributed by atoms with Gasteiger partial charge in [0.2, 0.25) is 0 Å². The minimum atomic E-state index is -3.30. The van der Waals surface area contributed by atoms with E-state index in [0.29, 0.717) is 12.8 Å². The molecule has 2 N–H and O–H groups in total. The monoisotopic (exact) mass is 276 g/mol. The topological polar surface area (TPSA) is 91.7 Å². The molecule has 18 heavy (non-hydrogen) atoms. The fourth-order valence-corrected chi connectivity index (χ4v) is 5.62. The van der Waals surface area contributed by atoms with Crippen LogP contribution in [0.1, 0.15) is 32.6 Å². The molecule has 0 aromatic heterocycles. The molecule has 2 fully saturated rings. The molecular weight excluding hydrogens is 256 g/mol. The number of aliphatic hydroxyl groups excluding tert-OH is 1. The van der Waals surface area contributed by atoms with Gasteiger partial charge in [-0.2, -0.15) is 0 Å². The molecule has 0 aromatic carbocycles. The third-order valence-electron chi connectivity index (χ3n) is 4.49. The van der Waals surface area contributed by atoms with Gasteiger partial charge < -0.3 is 10.2 Å². The summed E-state index contributed by atoms with van der Waals surface area (Å²) in [6, 6.07) is 0. The van der Waals surface area contributed by atoms with Gasteiger partial charge in [-0.15, -0.1) is 0 Å². The van der Waals surface area contributed by atoms with Gasteiger partial charge in [0.15, 0.2) is 9.84 Å². The molecule has 5 nitrogen and oxygen atoms in total. The lowest BCUT2D eigenvalue weighted by atomic mass is 9.62. The Kier molecular flexibility index (Phi) is 3.44. The van der Waals surface area contributed by atoms with E-state index in [9.17, 15) is 23.4 Å². The zero-order valence-corrected chi connectivity index (χ0v) is 11.3. The second-order valence-corrected chi connectivity index (χ2v) is 8.07. The van der Waals surface area contributed by atoms with Gasteiger partial charge in [-0.1, -0.05) is 19.8 Å². The molecule has 2 rings (SSSR count). The molecule has 6 heteroatoms. The molecule has 0 spiro atoms. The molecule has 1 aliphatic carbocycles. The molecule has 0 aromatic rings. The highest BCUT2D eigenvalue weighted by atomic mass is 32.2. The summed E-state index contributed by atoms with van der Waals surface area (Å²) < 4.78 is 23.2. The fourth-order valence-electron chi connectivity index (χ4n) is 3.64. The van der Waals surface area contributed by atoms with E-state index in [1.807, 2.05) is 6.92 Å². The van der Waals surface area contributed by atoms with Crippen LogP contribution < -0.4 is 0 Å². The second kappa shape index (κ2) is 4.49. The summed E-state index contributed by atoms with van der Waals surface area (Å²) in [6.45, 7) is 1.99. The van der Waals surface area contributed by atoms with E-state index in [1.54, 1.807) is 0 Å². The molecule has 0 bridgehead atoms. The maximum Gasteiger partial charge on any atom is 0.310 e. The van der Waals surface area contributed by atoms with Crippen LogP contribution in [0, 0.1) is 17.3 Å². The van der Waals surface area contributed by atoms with Gasteiger partial charge in [-0.25, -0.2) is 8.42 Å². The largest absolute Gasteiger partial charge is 0.481 e. The summed E-state index contributed by atoms with van der Waals surface area (Å²) in [5, 5.41) is 19.5. The number of carboxylic acid groups (broad SMARTS) is 1. The van der Waals surface area contributed by atoms with Crippen molar-refractivity contribution < 1.29 is 23.4 Å². The second-order valence-electron chi connectivity index (χ2n) is 5.91. The highest BCUT2D eigenvalue weighted by Crippen LogP contribution is 2.48. The van der Waals surface area contributed by atoms with E-state index in [0.717, 1.165) is 12.8 Å². The van der Waals surface area contributed by atoms with E-state index in [1.165, 1.54) is 0 Å². The lowest BCUT2D eigenvalue weighted by molar-refractivity contribution is -0.159. The normalized spacial score (nSPS) is 43.8. The first kappa shape index (κ1) is 13.8. The lowest BCUT2D eigenvalue weighted by Crippen LogP contribution is -2.46. The van der Waals surface area contributed by atoms with E-state index in [4.69, 9.17) is 0 Å². The smallest absolute Gasteiger partial charge is 0.310 e. The molecule has 1 saturated heterocycles. The van der Waals surface area contributed by atoms with Crippen molar-refractivity contribution in [1.29, 1.82) is 0 Å². The Morgan fingerprint density at radius 2 is 2.00 bits per heavy atom. The summed E-state index contributed by atoms with van der Waals surface area (Å²) in [6.07, 6.45) is 1.68. The van der Waals surface area contributed by atoms with Crippen molar-refractivity contribution in [1.82, 2.24) is 0 Å². The predicted octanol–water partition coefficient (Wildman–Crippen LogP) is 0.673. The molecule has 0 amide bonds. The molecule has 4 atom stereocenters. The quantitative estimate of drug-likeness (QED) is 0.773. The number of aliphatic hydroxyl groups is 1. The van der Waals surface area contributed by atoms with Gasteiger partial charge in [0.25, 0.3) is 0 Å². The van der Waals surface area contributed by atoms with Gasteiger partial charge in [0.05, 0.1) is 23.0 Å². The average molecular weight is 276 g/mol. The number of aliphatic carboxylic acids is 1. The Bertz CT molecular complexity index is 443. The van der Waals surface area contributed by atoms with Crippen LogP contribution in [0.25, 0.3) is 0 Å². The number of hydrogen-bond acceptors (Lipinski definition) is 4. The number of carboxylic acids is 1. The first-order valence-corrected chi connectivity index (χ1v) is 8.21. The maximum atomic E-state index is 11.7. The summed E-state index contributed by atoms with van der Waals surface area (Å²) in [5.41, 5.74) is -1.05. The molecule has 4 unspecified atom stereocenters. The number of hydrogen-bond donors (Lipinski definition) is 2. The van der Waals surface area contributed by atoms with Gasteiger partial charge in [-0.3, -0.25) is 4.79 Å². The zero-order chi connectivity index (χ0) is 13.6. The molecule has 0 radical (unpaired) electrons. The molecule has 1 saturated carbocycles. The van der Waals surface area contributed by atoms with E-state index in [2.05, 4.69) is 0 Å². The van der Waals surface area contributed by atoms with Crippen LogP contribution >= 0.6 is 0 Å². The molecule has 2 aliphatic rings. The molecule has 1 heterocycles. The average Bonchev–Trinajstić information content (AvgIpc) is 2.52. The van der Waals surface area contributed by atoms with Crippen LogP contribution in [0.4, 0.5) is 0 Å². The molecule has 1 aliphatic heterocycles. The summed E-state index contributed by atoms with van der Waals surface area (Å²) >= 11 is 0. The Labute approximate surface area is 107 Å². The van der Waals surface area contributed by atoms with Crippen LogP contribution in [-0.2, 0) is 14.6 Å². The van der Waals surface area contributed by atoms with Gasteiger partial charge in [-0.05, 0) is 18.8 Å². The van der Waals surface area contributed by atoms with Crippen LogP contribution in [-0.4, -0.2) is 42.2 Å². The van der Waals surface area contributed by atoms with E-state index < -0.39 is 33.2 Å². The summed E-state index contributed by atoms with van der Waals surface area (Å²) in [5.74, 6) is -1.81. The zero-order valence-electron chi connectivity index (χ0n) is 10.5. The van der Waals surface area contributed by atoms with Gasteiger partial charge in [0.1, 0.15) is 0 Å². The Morgan fingerprint density at radius 1 is 1.33 bits per heavy atom. The van der Waals surface area contributed by atoms with Crippen molar-refractivity contribution in [3.63, 3.8) is 0 Å². The van der Waals surface area contributed by atoms with Crippen molar-refractivity contribution in [3.8, 4) is 0 Å². The summed E-state index contributed by atoms with van der Waals surface area (Å²) in [4.78, 5) is 11.7. The van der Waals surface area contributed by atoms with Crippen LogP contribution in [0.5, 0.6) is 0 Å². The fraction of sp³-hybridized carbons (Fsp3) is 0.917. The van der Waals surface area contributed by atoms with Crippen LogP contribution in [0.2, 0.25) is 0 Å². The van der Waals surface area contributed by atoms with Crippen molar-refractivity contribution >= 4 is 15.8 Å². The lowest BCUT2D eigenvalue weighted by Gasteiger charge is -2.41. The van der Waals surface area contributed by atoms with Crippen molar-refractivity contribution in [2.24, 2.45) is 17.3 Å².